The topological polar surface area (TPSA) is 94.7 Å². The highest BCUT2D eigenvalue weighted by atomic mass is 16.5. The molecule has 1 heterocycles. The molecule has 0 saturated carbocycles. The van der Waals surface area contributed by atoms with Crippen molar-refractivity contribution in [3.8, 4) is 11.5 Å². The predicted molar refractivity (Wildman–Crippen MR) is 72.6 cm³/mol. The number of rotatable bonds is 7. The lowest BCUT2D eigenvalue weighted by Gasteiger charge is -2.11. The fourth-order valence-electron chi connectivity index (χ4n) is 1.66. The molecule has 0 saturated heterocycles. The van der Waals surface area contributed by atoms with E-state index in [1.807, 2.05) is 13.8 Å². The quantitative estimate of drug-likeness (QED) is 0.836. The van der Waals surface area contributed by atoms with Crippen LogP contribution in [0.3, 0.4) is 0 Å². The summed E-state index contributed by atoms with van der Waals surface area (Å²) in [6, 6.07) is 4.43. The van der Waals surface area contributed by atoms with Gasteiger partial charge in [-0.2, -0.15) is 4.98 Å². The van der Waals surface area contributed by atoms with E-state index in [4.69, 9.17) is 19.1 Å². The van der Waals surface area contributed by atoms with E-state index >= 15 is 0 Å². The van der Waals surface area contributed by atoms with Gasteiger partial charge in [0.05, 0.1) is 12.2 Å². The summed E-state index contributed by atoms with van der Waals surface area (Å²) >= 11 is 0. The van der Waals surface area contributed by atoms with Gasteiger partial charge in [0.15, 0.2) is 18.1 Å². The van der Waals surface area contributed by atoms with Crippen molar-refractivity contribution >= 4 is 5.97 Å². The Hall–Kier alpha value is -2.57. The van der Waals surface area contributed by atoms with E-state index in [1.54, 1.807) is 6.07 Å². The number of aromatic carboxylic acids is 1. The van der Waals surface area contributed by atoms with Gasteiger partial charge in [0.2, 0.25) is 11.7 Å². The molecule has 0 aliphatic rings. The second-order valence-corrected chi connectivity index (χ2v) is 4.15. The Morgan fingerprint density at radius 3 is 2.71 bits per heavy atom. The average molecular weight is 292 g/mol. The normalized spacial score (nSPS) is 10.4. The molecule has 0 radical (unpaired) electrons. The minimum absolute atomic E-state index is 0.121. The van der Waals surface area contributed by atoms with Crippen LogP contribution >= 0.6 is 0 Å². The largest absolute Gasteiger partial charge is 0.490 e. The molecule has 2 rings (SSSR count). The molecule has 0 atom stereocenters. The summed E-state index contributed by atoms with van der Waals surface area (Å²) in [5, 5.41) is 12.8. The third-order valence-electron chi connectivity index (χ3n) is 2.66. The van der Waals surface area contributed by atoms with Crippen molar-refractivity contribution in [1.82, 2.24) is 10.1 Å². The van der Waals surface area contributed by atoms with Gasteiger partial charge >= 0.3 is 5.97 Å². The molecule has 0 amide bonds. The van der Waals surface area contributed by atoms with Crippen molar-refractivity contribution in [2.24, 2.45) is 0 Å². The molecule has 2 aromatic rings. The van der Waals surface area contributed by atoms with Crippen LogP contribution in [0.2, 0.25) is 0 Å². The van der Waals surface area contributed by atoms with Gasteiger partial charge in [-0.25, -0.2) is 4.79 Å². The van der Waals surface area contributed by atoms with Crippen molar-refractivity contribution in [3.05, 3.63) is 35.5 Å². The second kappa shape index (κ2) is 6.74. The zero-order valence-electron chi connectivity index (χ0n) is 11.8. The molecule has 1 N–H and O–H groups in total. The van der Waals surface area contributed by atoms with Crippen LogP contribution in [0.15, 0.2) is 22.7 Å². The summed E-state index contributed by atoms with van der Waals surface area (Å²) in [5.74, 6) is 0.756. The molecule has 21 heavy (non-hydrogen) atoms. The molecular formula is C14H16N2O5. The fourth-order valence-corrected chi connectivity index (χ4v) is 1.66. The molecule has 1 aromatic carbocycles. The van der Waals surface area contributed by atoms with Crippen LogP contribution in [0.5, 0.6) is 11.5 Å². The van der Waals surface area contributed by atoms with E-state index in [1.165, 1.54) is 12.1 Å². The molecule has 7 nitrogen and oxygen atoms in total. The smallest absolute Gasteiger partial charge is 0.335 e. The predicted octanol–water partition coefficient (Wildman–Crippen LogP) is 2.31. The Balaban J connectivity index is 2.12. The first-order valence-electron chi connectivity index (χ1n) is 6.58. The molecule has 7 heteroatoms. The first-order valence-corrected chi connectivity index (χ1v) is 6.58. The molecule has 0 bridgehead atoms. The number of hydrogen-bond donors (Lipinski definition) is 1. The highest BCUT2D eigenvalue weighted by molar-refractivity contribution is 5.88. The molecule has 1 aromatic heterocycles. The standard InChI is InChI=1S/C14H16N2O5/c1-3-13-15-12(16-21-13)8-20-10-6-5-9(14(17)18)7-11(10)19-4-2/h5-7H,3-4,8H2,1-2H3,(H,17,18). The number of hydrogen-bond acceptors (Lipinski definition) is 6. The van der Waals surface area contributed by atoms with Gasteiger partial charge in [-0.1, -0.05) is 12.1 Å². The number of carboxylic acids is 1. The van der Waals surface area contributed by atoms with Gasteiger partial charge in [-0.3, -0.25) is 0 Å². The molecular weight excluding hydrogens is 276 g/mol. The Morgan fingerprint density at radius 1 is 1.29 bits per heavy atom. The van der Waals surface area contributed by atoms with Gasteiger partial charge < -0.3 is 19.1 Å². The average Bonchev–Trinajstić information content (AvgIpc) is 2.94. The second-order valence-electron chi connectivity index (χ2n) is 4.15. The SMILES string of the molecule is CCOc1cc(C(=O)O)ccc1OCc1noc(CC)n1. The number of nitrogens with zero attached hydrogens (tertiary/aromatic N) is 2. The third kappa shape index (κ3) is 3.71. The maximum Gasteiger partial charge on any atom is 0.335 e. The summed E-state index contributed by atoms with van der Waals surface area (Å²) < 4.78 is 15.9. The number of carbonyl (C=O) groups is 1. The third-order valence-corrected chi connectivity index (χ3v) is 2.66. The zero-order valence-corrected chi connectivity index (χ0v) is 11.8. The molecule has 0 aliphatic carbocycles. The minimum atomic E-state index is -1.02. The highest BCUT2D eigenvalue weighted by Crippen LogP contribution is 2.29. The van der Waals surface area contributed by atoms with Crippen LogP contribution in [-0.2, 0) is 13.0 Å². The van der Waals surface area contributed by atoms with E-state index in [0.29, 0.717) is 36.2 Å². The lowest BCUT2D eigenvalue weighted by atomic mass is 10.2. The number of carboxylic acid groups (broad SMARTS) is 1. The van der Waals surface area contributed by atoms with Crippen molar-refractivity contribution in [1.29, 1.82) is 0 Å². The number of aryl methyl sites for hydroxylation is 1. The van der Waals surface area contributed by atoms with Gasteiger partial charge in [0, 0.05) is 6.42 Å². The van der Waals surface area contributed by atoms with Crippen LogP contribution in [0, 0.1) is 0 Å². The van der Waals surface area contributed by atoms with E-state index in [-0.39, 0.29) is 12.2 Å². The first kappa shape index (κ1) is 14.8. The van der Waals surface area contributed by atoms with Crippen molar-refractivity contribution < 1.29 is 23.9 Å². The van der Waals surface area contributed by atoms with E-state index in [9.17, 15) is 4.79 Å². The van der Waals surface area contributed by atoms with Crippen molar-refractivity contribution in [2.75, 3.05) is 6.61 Å². The van der Waals surface area contributed by atoms with Gasteiger partial charge in [-0.05, 0) is 25.1 Å². The van der Waals surface area contributed by atoms with E-state index < -0.39 is 5.97 Å². The van der Waals surface area contributed by atoms with Gasteiger partial charge in [0.25, 0.3) is 0 Å². The molecule has 0 spiro atoms. The van der Waals surface area contributed by atoms with Crippen LogP contribution < -0.4 is 9.47 Å². The first-order chi connectivity index (χ1) is 10.1. The molecule has 0 fully saturated rings. The zero-order chi connectivity index (χ0) is 15.2. The summed E-state index contributed by atoms with van der Waals surface area (Å²) in [7, 11) is 0. The minimum Gasteiger partial charge on any atom is -0.490 e. The van der Waals surface area contributed by atoms with E-state index in [2.05, 4.69) is 10.1 Å². The maximum atomic E-state index is 11.0. The molecule has 0 aliphatic heterocycles. The van der Waals surface area contributed by atoms with Gasteiger partial charge in [0.1, 0.15) is 0 Å². The van der Waals surface area contributed by atoms with Gasteiger partial charge in [-0.15, -0.1) is 0 Å². The van der Waals surface area contributed by atoms with Crippen LogP contribution in [-0.4, -0.2) is 27.8 Å². The lowest BCUT2D eigenvalue weighted by Crippen LogP contribution is -2.03. The number of aromatic nitrogens is 2. The van der Waals surface area contributed by atoms with Crippen molar-refractivity contribution in [2.45, 2.75) is 26.9 Å². The molecule has 0 unspecified atom stereocenters. The fraction of sp³-hybridized carbons (Fsp3) is 0.357. The highest BCUT2D eigenvalue weighted by Gasteiger charge is 2.12. The Kier molecular flexibility index (Phi) is 4.76. The maximum absolute atomic E-state index is 11.0. The Morgan fingerprint density at radius 2 is 2.10 bits per heavy atom. The Labute approximate surface area is 121 Å². The van der Waals surface area contributed by atoms with E-state index in [0.717, 1.165) is 0 Å². The van der Waals surface area contributed by atoms with Crippen LogP contribution in [0.25, 0.3) is 0 Å². The summed E-state index contributed by atoms with van der Waals surface area (Å²) in [4.78, 5) is 15.1. The van der Waals surface area contributed by atoms with Crippen molar-refractivity contribution in [3.63, 3.8) is 0 Å². The number of benzene rings is 1. The monoisotopic (exact) mass is 292 g/mol. The summed E-state index contributed by atoms with van der Waals surface area (Å²) in [6.45, 7) is 4.25. The van der Waals surface area contributed by atoms with Crippen LogP contribution in [0.4, 0.5) is 0 Å². The number of ether oxygens (including phenoxy) is 2. The summed E-state index contributed by atoms with van der Waals surface area (Å²) in [5.41, 5.74) is 0.138. The lowest BCUT2D eigenvalue weighted by molar-refractivity contribution is 0.0696. The summed E-state index contributed by atoms with van der Waals surface area (Å²) in [6.07, 6.45) is 0.657. The van der Waals surface area contributed by atoms with Crippen LogP contribution in [0.1, 0.15) is 35.9 Å². The molecule has 112 valence electrons. The Bertz CT molecular complexity index is 624.